The van der Waals surface area contributed by atoms with Gasteiger partial charge in [0.2, 0.25) is 5.91 Å². The van der Waals surface area contributed by atoms with Crippen molar-refractivity contribution in [2.75, 3.05) is 13.2 Å². The number of nitrogens with zero attached hydrogens (tertiary/aromatic N) is 1. The zero-order valence-electron chi connectivity index (χ0n) is 17.1. The predicted molar refractivity (Wildman–Crippen MR) is 112 cm³/mol. The lowest BCUT2D eigenvalue weighted by molar-refractivity contribution is -0.136. The Balaban J connectivity index is 1.75. The standard InChI is InChI=1S/C22H23F3N2O4S/c23-17-7-2-6-16-15-5-1-4-14(12-15)13-19-18(26-32(29,30)22(24)25)8-3-10-27(19)20(28)9-11-31-21(16)17/h1-2,4-7,12,18-19,22,26H,3,8-11,13H2/t18-,19-/m0/s1. The molecule has 2 aromatic rings. The molecule has 0 aliphatic carbocycles. The molecule has 6 nitrogen and oxygen atoms in total. The second-order valence-corrected chi connectivity index (χ2v) is 9.63. The number of halogens is 3. The molecular weight excluding hydrogens is 445 g/mol. The summed E-state index contributed by atoms with van der Waals surface area (Å²) < 4.78 is 71.9. The van der Waals surface area contributed by atoms with E-state index < -0.39 is 33.7 Å². The molecule has 0 unspecified atom stereocenters. The highest BCUT2D eigenvalue weighted by Gasteiger charge is 2.38. The average Bonchev–Trinajstić information content (AvgIpc) is 2.75. The molecule has 0 radical (unpaired) electrons. The number of alkyl halides is 2. The summed E-state index contributed by atoms with van der Waals surface area (Å²) in [4.78, 5) is 14.5. The van der Waals surface area contributed by atoms with Gasteiger partial charge in [0.1, 0.15) is 0 Å². The number of amides is 1. The Bertz CT molecular complexity index is 1110. The average molecular weight is 468 g/mol. The highest BCUT2D eigenvalue weighted by Crippen LogP contribution is 2.34. The van der Waals surface area contributed by atoms with E-state index in [4.69, 9.17) is 4.74 Å². The Hall–Kier alpha value is -2.59. The van der Waals surface area contributed by atoms with E-state index in [2.05, 4.69) is 4.72 Å². The molecule has 1 fully saturated rings. The molecule has 4 rings (SSSR count). The molecule has 1 amide bonds. The number of ether oxygens (including phenoxy) is 1. The van der Waals surface area contributed by atoms with Gasteiger partial charge in [-0.25, -0.2) is 17.5 Å². The molecule has 2 aliphatic heterocycles. The van der Waals surface area contributed by atoms with E-state index in [0.29, 0.717) is 30.5 Å². The molecule has 172 valence electrons. The topological polar surface area (TPSA) is 75.7 Å². The third kappa shape index (κ3) is 4.61. The Morgan fingerprint density at radius 1 is 1.16 bits per heavy atom. The minimum atomic E-state index is -4.82. The second-order valence-electron chi connectivity index (χ2n) is 7.95. The SMILES string of the molecule is O=C1CCOc2c(F)cccc2-c2cccc(c2)C[C@H]2[C@@H](NS(=O)(=O)C(F)F)CCCN12. The summed E-state index contributed by atoms with van der Waals surface area (Å²) in [6, 6.07) is 10.3. The summed E-state index contributed by atoms with van der Waals surface area (Å²) in [5.41, 5.74) is 2.01. The van der Waals surface area contributed by atoms with E-state index in [9.17, 15) is 26.4 Å². The number of sulfonamides is 1. The molecule has 0 saturated carbocycles. The van der Waals surface area contributed by atoms with Crippen molar-refractivity contribution < 1.29 is 31.1 Å². The van der Waals surface area contributed by atoms with Gasteiger partial charge in [-0.1, -0.05) is 36.4 Å². The number of hydrogen-bond acceptors (Lipinski definition) is 4. The van der Waals surface area contributed by atoms with Gasteiger partial charge in [0.05, 0.1) is 19.1 Å². The monoisotopic (exact) mass is 468 g/mol. The largest absolute Gasteiger partial charge is 0.489 e. The van der Waals surface area contributed by atoms with Gasteiger partial charge >= 0.3 is 5.76 Å². The molecule has 2 aliphatic rings. The maximum absolute atomic E-state index is 14.5. The van der Waals surface area contributed by atoms with Crippen LogP contribution in [0.25, 0.3) is 11.1 Å². The fourth-order valence-corrected chi connectivity index (χ4v) is 5.19. The molecule has 32 heavy (non-hydrogen) atoms. The Kier molecular flexibility index (Phi) is 6.43. The van der Waals surface area contributed by atoms with Gasteiger partial charge in [-0.2, -0.15) is 8.78 Å². The van der Waals surface area contributed by atoms with Crippen molar-refractivity contribution in [2.24, 2.45) is 0 Å². The maximum Gasteiger partial charge on any atom is 0.350 e. The van der Waals surface area contributed by atoms with Crippen molar-refractivity contribution in [1.82, 2.24) is 9.62 Å². The third-order valence-electron chi connectivity index (χ3n) is 5.86. The molecule has 0 spiro atoms. The predicted octanol–water partition coefficient (Wildman–Crippen LogP) is 3.32. The number of nitrogens with one attached hydrogen (secondary N) is 1. The van der Waals surface area contributed by atoms with Crippen LogP contribution >= 0.6 is 0 Å². The lowest BCUT2D eigenvalue weighted by Crippen LogP contribution is -2.58. The van der Waals surface area contributed by atoms with Crippen molar-refractivity contribution in [3.05, 3.63) is 53.8 Å². The van der Waals surface area contributed by atoms with Gasteiger partial charge in [-0.3, -0.25) is 4.79 Å². The zero-order chi connectivity index (χ0) is 22.9. The summed E-state index contributed by atoms with van der Waals surface area (Å²) in [6.45, 7) is 0.310. The fraction of sp³-hybridized carbons (Fsp3) is 0.409. The molecule has 2 bridgehead atoms. The summed E-state index contributed by atoms with van der Waals surface area (Å²) in [6.07, 6.45) is 1.02. The van der Waals surface area contributed by atoms with Gasteiger partial charge < -0.3 is 9.64 Å². The number of hydrogen-bond donors (Lipinski definition) is 1. The molecule has 2 atom stereocenters. The minimum Gasteiger partial charge on any atom is -0.489 e. The molecule has 1 saturated heterocycles. The van der Waals surface area contributed by atoms with Crippen LogP contribution in [0, 0.1) is 5.82 Å². The van der Waals surface area contributed by atoms with E-state index in [1.165, 1.54) is 11.0 Å². The summed E-state index contributed by atoms with van der Waals surface area (Å²) in [7, 11) is -4.82. The van der Waals surface area contributed by atoms with Crippen LogP contribution < -0.4 is 9.46 Å². The summed E-state index contributed by atoms with van der Waals surface area (Å²) in [5, 5.41) is 0. The Morgan fingerprint density at radius 2 is 1.94 bits per heavy atom. The lowest BCUT2D eigenvalue weighted by Gasteiger charge is -2.42. The second kappa shape index (κ2) is 9.11. The quantitative estimate of drug-likeness (QED) is 0.750. The summed E-state index contributed by atoms with van der Waals surface area (Å²) >= 11 is 0. The molecular formula is C22H23F3N2O4S. The highest BCUT2D eigenvalue weighted by molar-refractivity contribution is 7.89. The van der Waals surface area contributed by atoms with Crippen LogP contribution in [0.15, 0.2) is 42.5 Å². The van der Waals surface area contributed by atoms with Gasteiger partial charge in [-0.15, -0.1) is 0 Å². The van der Waals surface area contributed by atoms with Crippen LogP contribution in [-0.4, -0.2) is 50.2 Å². The molecule has 2 aromatic carbocycles. The van der Waals surface area contributed by atoms with Gasteiger partial charge in [0, 0.05) is 18.2 Å². The van der Waals surface area contributed by atoms with E-state index in [1.807, 2.05) is 12.1 Å². The Morgan fingerprint density at radius 3 is 2.72 bits per heavy atom. The van der Waals surface area contributed by atoms with Crippen molar-refractivity contribution >= 4 is 15.9 Å². The van der Waals surface area contributed by atoms with Crippen LogP contribution in [0.5, 0.6) is 5.75 Å². The minimum absolute atomic E-state index is 0.0491. The number of para-hydroxylation sites is 1. The Labute approximate surface area is 184 Å². The van der Waals surface area contributed by atoms with Crippen molar-refractivity contribution in [2.45, 2.75) is 43.5 Å². The smallest absolute Gasteiger partial charge is 0.350 e. The lowest BCUT2D eigenvalue weighted by atomic mass is 9.90. The van der Waals surface area contributed by atoms with Crippen LogP contribution in [0.3, 0.4) is 0 Å². The van der Waals surface area contributed by atoms with Gasteiger partial charge in [0.25, 0.3) is 10.0 Å². The third-order valence-corrected chi connectivity index (χ3v) is 6.96. The first-order chi connectivity index (χ1) is 15.3. The molecule has 1 N–H and O–H groups in total. The fourth-order valence-electron chi connectivity index (χ4n) is 4.39. The number of fused-ring (bicyclic) bond motifs is 5. The number of piperidine rings is 1. The summed E-state index contributed by atoms with van der Waals surface area (Å²) in [5.74, 6) is -4.32. The molecule has 10 heteroatoms. The number of rotatable bonds is 3. The van der Waals surface area contributed by atoms with E-state index in [-0.39, 0.29) is 31.1 Å². The van der Waals surface area contributed by atoms with Crippen molar-refractivity contribution in [3.8, 4) is 16.9 Å². The number of carbonyl (C=O) groups is 1. The van der Waals surface area contributed by atoms with Crippen LogP contribution in [0.4, 0.5) is 13.2 Å². The van der Waals surface area contributed by atoms with Crippen LogP contribution in [0.1, 0.15) is 24.8 Å². The van der Waals surface area contributed by atoms with Crippen molar-refractivity contribution in [1.29, 1.82) is 0 Å². The first kappa shape index (κ1) is 22.6. The number of carbonyl (C=O) groups excluding carboxylic acids is 1. The van der Waals surface area contributed by atoms with Crippen LogP contribution in [0.2, 0.25) is 0 Å². The van der Waals surface area contributed by atoms with E-state index in [1.54, 1.807) is 24.3 Å². The van der Waals surface area contributed by atoms with E-state index in [0.717, 1.165) is 5.56 Å². The van der Waals surface area contributed by atoms with Gasteiger partial charge in [0.15, 0.2) is 11.6 Å². The van der Waals surface area contributed by atoms with Crippen molar-refractivity contribution in [3.63, 3.8) is 0 Å². The van der Waals surface area contributed by atoms with Crippen LogP contribution in [-0.2, 0) is 21.2 Å². The molecule has 2 heterocycles. The maximum atomic E-state index is 14.5. The normalized spacial score (nSPS) is 21.8. The molecule has 0 aromatic heterocycles. The highest BCUT2D eigenvalue weighted by atomic mass is 32.2. The first-order valence-corrected chi connectivity index (χ1v) is 11.9. The van der Waals surface area contributed by atoms with Gasteiger partial charge in [-0.05, 0) is 36.5 Å². The zero-order valence-corrected chi connectivity index (χ0v) is 18.0. The van der Waals surface area contributed by atoms with E-state index >= 15 is 0 Å². The number of benzene rings is 2. The first-order valence-electron chi connectivity index (χ1n) is 10.4.